The number of carbonyl (C=O) groups excluding carboxylic acids is 1. The topological polar surface area (TPSA) is 41.5 Å². The number of benzene rings is 1. The molecule has 0 unspecified atom stereocenters. The van der Waals surface area contributed by atoms with Crippen molar-refractivity contribution in [1.82, 2.24) is 5.32 Å². The molecule has 1 aromatic carbocycles. The minimum Gasteiger partial charge on any atom is -0.340 e. The van der Waals surface area contributed by atoms with E-state index < -0.39 is 0 Å². The number of hydrogen-bond donors (Lipinski definition) is 1. The van der Waals surface area contributed by atoms with Crippen LogP contribution in [0.3, 0.4) is 0 Å². The number of aliphatic imine (C=N–C) groups is 1. The van der Waals surface area contributed by atoms with Crippen LogP contribution in [0.5, 0.6) is 0 Å². The lowest BCUT2D eigenvalue weighted by molar-refractivity contribution is -0.116. The highest BCUT2D eigenvalue weighted by Crippen LogP contribution is 2.13. The number of Topliss-reactive ketones (excluding diaryl/α,β-unsaturated/α-hetero) is 1. The molecule has 0 aliphatic carbocycles. The van der Waals surface area contributed by atoms with Gasteiger partial charge in [-0.05, 0) is 38.8 Å². The molecular formula is C18H24N2O. The molecule has 0 aromatic heterocycles. The Bertz CT molecular complexity index is 610. The number of hydrogen-bond acceptors (Lipinski definition) is 2. The molecule has 0 radical (unpaired) electrons. The van der Waals surface area contributed by atoms with E-state index in [1.165, 1.54) is 11.1 Å². The fraction of sp³-hybridized carbons (Fsp3) is 0.333. The van der Waals surface area contributed by atoms with Crippen molar-refractivity contribution in [3.05, 3.63) is 58.8 Å². The molecule has 3 heteroatoms. The van der Waals surface area contributed by atoms with E-state index in [0.29, 0.717) is 6.42 Å². The number of carbonyl (C=O) groups is 1. The van der Waals surface area contributed by atoms with Crippen molar-refractivity contribution in [2.45, 2.75) is 34.1 Å². The maximum absolute atomic E-state index is 11.0. The summed E-state index contributed by atoms with van der Waals surface area (Å²) < 4.78 is 0. The summed E-state index contributed by atoms with van der Waals surface area (Å²) in [6, 6.07) is 6.25. The molecule has 3 nitrogen and oxygen atoms in total. The fourth-order valence-electron chi connectivity index (χ4n) is 1.98. The summed E-state index contributed by atoms with van der Waals surface area (Å²) in [5.74, 6) is 0.925. The van der Waals surface area contributed by atoms with Crippen LogP contribution >= 0.6 is 0 Å². The molecule has 0 fully saturated rings. The minimum absolute atomic E-state index is 0.140. The summed E-state index contributed by atoms with van der Waals surface area (Å²) >= 11 is 0. The van der Waals surface area contributed by atoms with E-state index >= 15 is 0 Å². The van der Waals surface area contributed by atoms with Crippen molar-refractivity contribution in [1.29, 1.82) is 0 Å². The summed E-state index contributed by atoms with van der Waals surface area (Å²) in [5.41, 5.74) is 5.17. The Morgan fingerprint density at radius 2 is 2.00 bits per heavy atom. The van der Waals surface area contributed by atoms with Crippen molar-refractivity contribution < 1.29 is 4.79 Å². The second-order valence-electron chi connectivity index (χ2n) is 5.29. The van der Waals surface area contributed by atoms with Crippen LogP contribution < -0.4 is 5.32 Å². The number of rotatable bonds is 5. The molecule has 1 aromatic rings. The Morgan fingerprint density at radius 1 is 1.33 bits per heavy atom. The Balaban J connectivity index is 2.91. The molecule has 0 amide bonds. The first-order valence-electron chi connectivity index (χ1n) is 7.02. The van der Waals surface area contributed by atoms with Gasteiger partial charge in [-0.2, -0.15) is 0 Å². The number of nitrogens with one attached hydrogen (secondary N) is 1. The van der Waals surface area contributed by atoms with Crippen LogP contribution in [0.1, 0.15) is 37.0 Å². The first kappa shape index (κ1) is 16.9. The van der Waals surface area contributed by atoms with Gasteiger partial charge in [0.15, 0.2) is 0 Å². The average Bonchev–Trinajstić information content (AvgIpc) is 2.42. The van der Waals surface area contributed by atoms with E-state index in [0.717, 1.165) is 22.7 Å². The zero-order chi connectivity index (χ0) is 16.0. The van der Waals surface area contributed by atoms with Gasteiger partial charge in [0, 0.05) is 24.7 Å². The summed E-state index contributed by atoms with van der Waals surface area (Å²) in [7, 11) is 1.75. The number of amidine groups is 1. The van der Waals surface area contributed by atoms with Gasteiger partial charge in [0.2, 0.25) is 0 Å². The van der Waals surface area contributed by atoms with Crippen molar-refractivity contribution in [3.63, 3.8) is 0 Å². The van der Waals surface area contributed by atoms with Gasteiger partial charge in [-0.3, -0.25) is 9.79 Å². The molecule has 0 bridgehead atoms. The number of aryl methyl sites for hydroxylation is 2. The van der Waals surface area contributed by atoms with Crippen LogP contribution in [-0.4, -0.2) is 18.7 Å². The maximum Gasteiger partial charge on any atom is 0.133 e. The molecule has 0 spiro atoms. The van der Waals surface area contributed by atoms with Crippen LogP contribution in [0.2, 0.25) is 0 Å². The summed E-state index contributed by atoms with van der Waals surface area (Å²) in [5, 5.41) is 3.24. The van der Waals surface area contributed by atoms with Gasteiger partial charge in [0.05, 0.1) is 0 Å². The van der Waals surface area contributed by atoms with E-state index in [9.17, 15) is 4.79 Å². The molecule has 0 saturated heterocycles. The van der Waals surface area contributed by atoms with Gasteiger partial charge < -0.3 is 5.32 Å². The van der Waals surface area contributed by atoms with Crippen molar-refractivity contribution in [3.8, 4) is 0 Å². The summed E-state index contributed by atoms with van der Waals surface area (Å²) in [4.78, 5) is 15.3. The summed E-state index contributed by atoms with van der Waals surface area (Å²) in [6.07, 6.45) is 2.31. The molecular weight excluding hydrogens is 260 g/mol. The number of allylic oxidation sites excluding steroid dienone is 2. The quantitative estimate of drug-likeness (QED) is 0.509. The van der Waals surface area contributed by atoms with E-state index in [2.05, 4.69) is 48.9 Å². The van der Waals surface area contributed by atoms with Gasteiger partial charge in [0.1, 0.15) is 11.6 Å². The third-order valence-electron chi connectivity index (χ3n) is 3.30. The largest absolute Gasteiger partial charge is 0.340 e. The Labute approximate surface area is 127 Å². The standard InChI is InChI=1S/C18H24N2O/c1-12-7-10-17(14(3)11-12)18(19-6)20-16(5)13(2)8-9-15(4)21/h7-8,10-11H,5,9H2,1-4,6H3,(H,19,20)/b13-8+. The summed E-state index contributed by atoms with van der Waals surface area (Å²) in [6.45, 7) is 11.7. The smallest absolute Gasteiger partial charge is 0.133 e. The second-order valence-corrected chi connectivity index (χ2v) is 5.29. The lowest BCUT2D eigenvalue weighted by Gasteiger charge is -2.15. The van der Waals surface area contributed by atoms with Crippen LogP contribution in [0.15, 0.2) is 47.1 Å². The lowest BCUT2D eigenvalue weighted by atomic mass is 10.0. The maximum atomic E-state index is 11.0. The monoisotopic (exact) mass is 284 g/mol. The highest BCUT2D eigenvalue weighted by molar-refractivity contribution is 6.01. The van der Waals surface area contributed by atoms with Crippen LogP contribution in [0.4, 0.5) is 0 Å². The molecule has 1 rings (SSSR count). The molecule has 1 N–H and O–H groups in total. The molecule has 0 aliphatic heterocycles. The molecule has 0 heterocycles. The number of ketones is 1. The Kier molecular flexibility index (Phi) is 6.10. The minimum atomic E-state index is 0.140. The SMILES string of the molecule is C=C(NC(=NC)c1ccc(C)cc1C)/C(C)=C/CC(C)=O. The van der Waals surface area contributed by atoms with E-state index in [1.54, 1.807) is 14.0 Å². The molecule has 21 heavy (non-hydrogen) atoms. The molecule has 112 valence electrons. The van der Waals surface area contributed by atoms with Gasteiger partial charge in [0.25, 0.3) is 0 Å². The fourth-order valence-corrected chi connectivity index (χ4v) is 1.98. The van der Waals surface area contributed by atoms with Gasteiger partial charge in [-0.1, -0.05) is 36.4 Å². The molecule has 0 atom stereocenters. The average molecular weight is 284 g/mol. The van der Waals surface area contributed by atoms with Crippen molar-refractivity contribution >= 4 is 11.6 Å². The predicted octanol–water partition coefficient (Wildman–Crippen LogP) is 3.71. The number of nitrogens with zero attached hydrogens (tertiary/aromatic N) is 1. The zero-order valence-electron chi connectivity index (χ0n) is 13.6. The van der Waals surface area contributed by atoms with Gasteiger partial charge in [-0.15, -0.1) is 0 Å². The van der Waals surface area contributed by atoms with Gasteiger partial charge >= 0.3 is 0 Å². The second kappa shape index (κ2) is 7.58. The lowest BCUT2D eigenvalue weighted by Crippen LogP contribution is -2.24. The predicted molar refractivity (Wildman–Crippen MR) is 89.7 cm³/mol. The Hall–Kier alpha value is -2.16. The highest BCUT2D eigenvalue weighted by Gasteiger charge is 2.08. The van der Waals surface area contributed by atoms with Crippen LogP contribution in [0, 0.1) is 13.8 Å². The van der Waals surface area contributed by atoms with Gasteiger partial charge in [-0.25, -0.2) is 0 Å². The first-order valence-corrected chi connectivity index (χ1v) is 7.02. The Morgan fingerprint density at radius 3 is 2.52 bits per heavy atom. The molecule has 0 saturated carbocycles. The first-order chi connectivity index (χ1) is 9.85. The van der Waals surface area contributed by atoms with E-state index in [4.69, 9.17) is 0 Å². The molecule has 0 aliphatic rings. The van der Waals surface area contributed by atoms with Crippen LogP contribution in [-0.2, 0) is 4.79 Å². The van der Waals surface area contributed by atoms with Crippen LogP contribution in [0.25, 0.3) is 0 Å². The van der Waals surface area contributed by atoms with E-state index in [-0.39, 0.29) is 5.78 Å². The van der Waals surface area contributed by atoms with Crippen molar-refractivity contribution in [2.75, 3.05) is 7.05 Å². The van der Waals surface area contributed by atoms with E-state index in [1.807, 2.05) is 13.0 Å². The highest BCUT2D eigenvalue weighted by atomic mass is 16.1. The normalized spacial score (nSPS) is 12.2. The third-order valence-corrected chi connectivity index (χ3v) is 3.30. The third kappa shape index (κ3) is 5.03. The zero-order valence-corrected chi connectivity index (χ0v) is 13.6. The van der Waals surface area contributed by atoms with Crippen molar-refractivity contribution in [2.24, 2.45) is 4.99 Å².